The van der Waals surface area contributed by atoms with Crippen LogP contribution >= 0.6 is 0 Å². The Kier molecular flexibility index (Phi) is 9.06. The van der Waals surface area contributed by atoms with Crippen LogP contribution in [0.15, 0.2) is 24.3 Å². The van der Waals surface area contributed by atoms with Crippen LogP contribution in [0.1, 0.15) is 44.0 Å². The normalized spacial score (nSPS) is 10.2. The molecular formula is C18H26N2O5. The minimum Gasteiger partial charge on any atom is -0.494 e. The summed E-state index contributed by atoms with van der Waals surface area (Å²) in [6.45, 7) is 5.70. The van der Waals surface area contributed by atoms with Gasteiger partial charge in [-0.3, -0.25) is 14.4 Å². The van der Waals surface area contributed by atoms with Crippen LogP contribution in [0, 0.1) is 0 Å². The molecule has 1 aromatic rings. The third-order valence-electron chi connectivity index (χ3n) is 3.54. The van der Waals surface area contributed by atoms with Gasteiger partial charge in [-0.05, 0) is 44.0 Å². The van der Waals surface area contributed by atoms with Gasteiger partial charge in [0.05, 0.1) is 6.61 Å². The summed E-state index contributed by atoms with van der Waals surface area (Å²) in [6.07, 6.45) is 1.63. The molecule has 0 saturated heterocycles. The van der Waals surface area contributed by atoms with E-state index in [1.165, 1.54) is 0 Å². The van der Waals surface area contributed by atoms with Crippen LogP contribution in [-0.2, 0) is 14.3 Å². The molecule has 25 heavy (non-hydrogen) atoms. The molecule has 2 amide bonds. The number of ether oxygens (including phenoxy) is 2. The summed E-state index contributed by atoms with van der Waals surface area (Å²) in [5, 5.41) is 5.21. The monoisotopic (exact) mass is 350 g/mol. The first kappa shape index (κ1) is 20.5. The van der Waals surface area contributed by atoms with E-state index in [0.717, 1.165) is 12.8 Å². The topological polar surface area (TPSA) is 93.7 Å². The fourth-order valence-corrected chi connectivity index (χ4v) is 2.08. The summed E-state index contributed by atoms with van der Waals surface area (Å²) >= 11 is 0. The largest absolute Gasteiger partial charge is 0.494 e. The summed E-state index contributed by atoms with van der Waals surface area (Å²) in [5.74, 6) is -0.748. The molecule has 0 radical (unpaired) electrons. The average molecular weight is 350 g/mol. The number of amides is 2. The average Bonchev–Trinajstić information content (AvgIpc) is 2.63. The van der Waals surface area contributed by atoms with E-state index in [4.69, 9.17) is 9.47 Å². The van der Waals surface area contributed by atoms with E-state index in [1.807, 2.05) is 20.8 Å². The molecule has 1 rings (SSSR count). The highest BCUT2D eigenvalue weighted by Crippen LogP contribution is 2.11. The highest BCUT2D eigenvalue weighted by molar-refractivity contribution is 5.96. The van der Waals surface area contributed by atoms with Crippen molar-refractivity contribution < 1.29 is 23.9 Å². The Bertz CT molecular complexity index is 567. The molecule has 0 aliphatic rings. The first-order valence-corrected chi connectivity index (χ1v) is 8.46. The predicted molar refractivity (Wildman–Crippen MR) is 93.4 cm³/mol. The van der Waals surface area contributed by atoms with Gasteiger partial charge >= 0.3 is 5.97 Å². The van der Waals surface area contributed by atoms with Gasteiger partial charge in [-0.15, -0.1) is 0 Å². The van der Waals surface area contributed by atoms with Crippen molar-refractivity contribution in [2.24, 2.45) is 0 Å². The Balaban J connectivity index is 2.33. The number of nitrogens with one attached hydrogen (secondary N) is 2. The van der Waals surface area contributed by atoms with E-state index in [-0.39, 0.29) is 25.1 Å². The Hall–Kier alpha value is -2.57. The number of carbonyl (C=O) groups excluding carboxylic acids is 3. The molecule has 0 aliphatic heterocycles. The van der Waals surface area contributed by atoms with Gasteiger partial charge < -0.3 is 20.1 Å². The highest BCUT2D eigenvalue weighted by atomic mass is 16.5. The maximum Gasteiger partial charge on any atom is 0.325 e. The van der Waals surface area contributed by atoms with Crippen LogP contribution in [0.25, 0.3) is 0 Å². The lowest BCUT2D eigenvalue weighted by Crippen LogP contribution is -2.38. The second-order valence-electron chi connectivity index (χ2n) is 5.38. The zero-order valence-corrected chi connectivity index (χ0v) is 15.0. The molecule has 0 aliphatic carbocycles. The second kappa shape index (κ2) is 11.1. The zero-order valence-electron chi connectivity index (χ0n) is 15.0. The van der Waals surface area contributed by atoms with E-state index in [2.05, 4.69) is 10.6 Å². The molecule has 0 saturated carbocycles. The molecule has 0 spiro atoms. The van der Waals surface area contributed by atoms with Gasteiger partial charge in [0, 0.05) is 11.6 Å². The Morgan fingerprint density at radius 1 is 1.04 bits per heavy atom. The maximum absolute atomic E-state index is 11.9. The summed E-state index contributed by atoms with van der Waals surface area (Å²) in [4.78, 5) is 35.2. The predicted octanol–water partition coefficient (Wildman–Crippen LogP) is 1.66. The minimum atomic E-state index is -0.668. The molecule has 0 unspecified atom stereocenters. The van der Waals surface area contributed by atoms with Crippen molar-refractivity contribution in [1.29, 1.82) is 0 Å². The summed E-state index contributed by atoms with van der Waals surface area (Å²) in [6, 6.07) is 6.65. The number of rotatable bonds is 10. The molecule has 0 bridgehead atoms. The number of hydrogen-bond donors (Lipinski definition) is 2. The molecule has 0 atom stereocenters. The summed E-state index contributed by atoms with van der Waals surface area (Å²) < 4.78 is 10.1. The third-order valence-corrected chi connectivity index (χ3v) is 3.54. The zero-order chi connectivity index (χ0) is 18.7. The third kappa shape index (κ3) is 7.69. The van der Waals surface area contributed by atoms with Crippen LogP contribution in [0.5, 0.6) is 5.75 Å². The van der Waals surface area contributed by atoms with Crippen molar-refractivity contribution in [2.75, 3.05) is 19.8 Å². The second-order valence-corrected chi connectivity index (χ2v) is 5.38. The SMILES string of the molecule is CCOc1ccc(C(=O)NCC(=O)OCC(=O)NC(CC)CC)cc1. The van der Waals surface area contributed by atoms with Crippen molar-refractivity contribution in [3.05, 3.63) is 29.8 Å². The van der Waals surface area contributed by atoms with E-state index in [0.29, 0.717) is 17.9 Å². The molecule has 0 fully saturated rings. The molecule has 7 nitrogen and oxygen atoms in total. The van der Waals surface area contributed by atoms with Crippen molar-refractivity contribution in [3.8, 4) is 5.75 Å². The maximum atomic E-state index is 11.9. The molecular weight excluding hydrogens is 324 g/mol. The van der Waals surface area contributed by atoms with Gasteiger partial charge in [0.1, 0.15) is 12.3 Å². The van der Waals surface area contributed by atoms with Crippen molar-refractivity contribution >= 4 is 17.8 Å². The van der Waals surface area contributed by atoms with Gasteiger partial charge in [-0.1, -0.05) is 13.8 Å². The minimum absolute atomic E-state index is 0.0746. The van der Waals surface area contributed by atoms with Crippen molar-refractivity contribution in [1.82, 2.24) is 10.6 Å². The van der Waals surface area contributed by atoms with Crippen LogP contribution < -0.4 is 15.4 Å². The number of esters is 1. The summed E-state index contributed by atoms with van der Waals surface area (Å²) in [5.41, 5.74) is 0.405. The lowest BCUT2D eigenvalue weighted by molar-refractivity contribution is -0.147. The van der Waals surface area contributed by atoms with E-state index < -0.39 is 11.9 Å². The molecule has 0 heterocycles. The highest BCUT2D eigenvalue weighted by Gasteiger charge is 2.12. The lowest BCUT2D eigenvalue weighted by atomic mass is 10.2. The smallest absolute Gasteiger partial charge is 0.325 e. The van der Waals surface area contributed by atoms with Gasteiger partial charge in [-0.25, -0.2) is 0 Å². The van der Waals surface area contributed by atoms with E-state index in [9.17, 15) is 14.4 Å². The standard InChI is InChI=1S/C18H26N2O5/c1-4-14(5-2)20-16(21)12-25-17(22)11-19-18(23)13-7-9-15(10-8-13)24-6-3/h7-10,14H,4-6,11-12H2,1-3H3,(H,19,23)(H,20,21). The van der Waals surface area contributed by atoms with Crippen LogP contribution in [0.3, 0.4) is 0 Å². The van der Waals surface area contributed by atoms with E-state index >= 15 is 0 Å². The van der Waals surface area contributed by atoms with Gasteiger partial charge in [0.2, 0.25) is 0 Å². The number of carbonyl (C=O) groups is 3. The quantitative estimate of drug-likeness (QED) is 0.626. The first-order chi connectivity index (χ1) is 12.0. The number of benzene rings is 1. The fraction of sp³-hybridized carbons (Fsp3) is 0.500. The molecule has 138 valence electrons. The van der Waals surface area contributed by atoms with Gasteiger partial charge in [-0.2, -0.15) is 0 Å². The first-order valence-electron chi connectivity index (χ1n) is 8.46. The molecule has 0 aromatic heterocycles. The summed E-state index contributed by atoms with van der Waals surface area (Å²) in [7, 11) is 0. The number of hydrogen-bond acceptors (Lipinski definition) is 5. The van der Waals surface area contributed by atoms with Gasteiger partial charge in [0.15, 0.2) is 6.61 Å². The van der Waals surface area contributed by atoms with E-state index in [1.54, 1.807) is 24.3 Å². The van der Waals surface area contributed by atoms with Crippen LogP contribution in [0.2, 0.25) is 0 Å². The Labute approximate surface area is 148 Å². The lowest BCUT2D eigenvalue weighted by Gasteiger charge is -2.14. The fourth-order valence-electron chi connectivity index (χ4n) is 2.08. The Morgan fingerprint density at radius 3 is 2.24 bits per heavy atom. The Morgan fingerprint density at radius 2 is 1.68 bits per heavy atom. The van der Waals surface area contributed by atoms with Crippen molar-refractivity contribution in [2.45, 2.75) is 39.7 Å². The van der Waals surface area contributed by atoms with Crippen molar-refractivity contribution in [3.63, 3.8) is 0 Å². The van der Waals surface area contributed by atoms with Crippen LogP contribution in [-0.4, -0.2) is 43.6 Å². The van der Waals surface area contributed by atoms with Crippen LogP contribution in [0.4, 0.5) is 0 Å². The molecule has 1 aromatic carbocycles. The van der Waals surface area contributed by atoms with Gasteiger partial charge in [0.25, 0.3) is 11.8 Å². The molecule has 7 heteroatoms. The molecule has 2 N–H and O–H groups in total.